The minimum atomic E-state index is -0.111. The quantitative estimate of drug-likeness (QED) is 0.805. The average Bonchev–Trinajstić information content (AvgIpc) is 2.89. The SMILES string of the molecule is O=C(Cc1ccc(Cl)cc1)Nc1cnc2ccnn2c1. The van der Waals surface area contributed by atoms with E-state index >= 15 is 0 Å². The smallest absolute Gasteiger partial charge is 0.228 e. The van der Waals surface area contributed by atoms with Gasteiger partial charge in [0.15, 0.2) is 5.65 Å². The summed E-state index contributed by atoms with van der Waals surface area (Å²) in [6.45, 7) is 0. The second-order valence-electron chi connectivity index (χ2n) is 4.33. The zero-order chi connectivity index (χ0) is 13.9. The first-order valence-corrected chi connectivity index (χ1v) is 6.42. The molecule has 0 radical (unpaired) electrons. The van der Waals surface area contributed by atoms with E-state index in [0.29, 0.717) is 10.7 Å². The van der Waals surface area contributed by atoms with Crippen molar-refractivity contribution in [3.8, 4) is 0 Å². The van der Waals surface area contributed by atoms with Gasteiger partial charge in [-0.3, -0.25) is 4.79 Å². The van der Waals surface area contributed by atoms with Crippen molar-refractivity contribution >= 4 is 28.8 Å². The molecule has 0 aliphatic rings. The number of carbonyl (C=O) groups excluding carboxylic acids is 1. The van der Waals surface area contributed by atoms with Crippen LogP contribution in [0.1, 0.15) is 5.56 Å². The number of aromatic nitrogens is 3. The highest BCUT2D eigenvalue weighted by molar-refractivity contribution is 6.30. The molecule has 0 saturated heterocycles. The standard InChI is InChI=1S/C14H11ClN4O/c15-11-3-1-10(2-4-11)7-14(20)18-12-8-16-13-5-6-17-19(13)9-12/h1-6,8-9H,7H2,(H,18,20). The second kappa shape index (κ2) is 5.30. The molecular weight excluding hydrogens is 276 g/mol. The van der Waals surface area contributed by atoms with Gasteiger partial charge in [-0.15, -0.1) is 0 Å². The molecule has 5 nitrogen and oxygen atoms in total. The van der Waals surface area contributed by atoms with Crippen LogP contribution in [-0.4, -0.2) is 20.5 Å². The molecule has 0 aliphatic heterocycles. The van der Waals surface area contributed by atoms with Crippen LogP contribution in [0.4, 0.5) is 5.69 Å². The number of anilines is 1. The topological polar surface area (TPSA) is 59.3 Å². The van der Waals surface area contributed by atoms with Crippen LogP contribution in [0.2, 0.25) is 5.02 Å². The number of rotatable bonds is 3. The Morgan fingerprint density at radius 1 is 1.25 bits per heavy atom. The lowest BCUT2D eigenvalue weighted by Crippen LogP contribution is -2.15. The Balaban J connectivity index is 1.70. The third-order valence-corrected chi connectivity index (χ3v) is 3.06. The van der Waals surface area contributed by atoms with E-state index in [1.54, 1.807) is 41.3 Å². The highest BCUT2D eigenvalue weighted by Gasteiger charge is 2.05. The molecule has 0 spiro atoms. The molecule has 1 aromatic carbocycles. The monoisotopic (exact) mass is 286 g/mol. The van der Waals surface area contributed by atoms with E-state index < -0.39 is 0 Å². The van der Waals surface area contributed by atoms with E-state index in [1.165, 1.54) is 0 Å². The largest absolute Gasteiger partial charge is 0.323 e. The molecule has 1 amide bonds. The van der Waals surface area contributed by atoms with Crippen LogP contribution >= 0.6 is 11.6 Å². The normalized spacial score (nSPS) is 10.7. The van der Waals surface area contributed by atoms with Gasteiger partial charge in [-0.05, 0) is 17.7 Å². The predicted molar refractivity (Wildman–Crippen MR) is 76.8 cm³/mol. The maximum absolute atomic E-state index is 11.9. The van der Waals surface area contributed by atoms with Crippen molar-refractivity contribution in [1.29, 1.82) is 0 Å². The van der Waals surface area contributed by atoms with Crippen LogP contribution in [0.3, 0.4) is 0 Å². The highest BCUT2D eigenvalue weighted by Crippen LogP contribution is 2.11. The van der Waals surface area contributed by atoms with Crippen molar-refractivity contribution in [3.05, 3.63) is 59.5 Å². The van der Waals surface area contributed by atoms with E-state index in [2.05, 4.69) is 15.4 Å². The van der Waals surface area contributed by atoms with Crippen LogP contribution in [-0.2, 0) is 11.2 Å². The highest BCUT2D eigenvalue weighted by atomic mass is 35.5. The first-order chi connectivity index (χ1) is 9.70. The number of fused-ring (bicyclic) bond motifs is 1. The van der Waals surface area contributed by atoms with Crippen LogP contribution in [0.5, 0.6) is 0 Å². The molecule has 0 bridgehead atoms. The van der Waals surface area contributed by atoms with Gasteiger partial charge in [0.05, 0.1) is 30.7 Å². The van der Waals surface area contributed by atoms with Crippen molar-refractivity contribution in [2.75, 3.05) is 5.32 Å². The molecule has 0 unspecified atom stereocenters. The van der Waals surface area contributed by atoms with E-state index in [-0.39, 0.29) is 12.3 Å². The van der Waals surface area contributed by atoms with Crippen molar-refractivity contribution in [3.63, 3.8) is 0 Å². The summed E-state index contributed by atoms with van der Waals surface area (Å²) in [5.41, 5.74) is 2.25. The number of halogens is 1. The molecule has 6 heteroatoms. The van der Waals surface area contributed by atoms with Gasteiger partial charge in [0.1, 0.15) is 0 Å². The van der Waals surface area contributed by atoms with Crippen molar-refractivity contribution in [2.24, 2.45) is 0 Å². The van der Waals surface area contributed by atoms with Crippen LogP contribution in [0.25, 0.3) is 5.65 Å². The molecule has 1 N–H and O–H groups in total. The summed E-state index contributed by atoms with van der Waals surface area (Å²) in [6, 6.07) is 8.98. The van der Waals surface area contributed by atoms with E-state index in [9.17, 15) is 4.79 Å². The Morgan fingerprint density at radius 3 is 2.85 bits per heavy atom. The number of hydrogen-bond donors (Lipinski definition) is 1. The third kappa shape index (κ3) is 2.78. The minimum Gasteiger partial charge on any atom is -0.323 e. The maximum Gasteiger partial charge on any atom is 0.228 e. The Morgan fingerprint density at radius 2 is 2.05 bits per heavy atom. The summed E-state index contributed by atoms with van der Waals surface area (Å²) in [5.74, 6) is -0.111. The van der Waals surface area contributed by atoms with E-state index in [0.717, 1.165) is 11.2 Å². The fourth-order valence-corrected chi connectivity index (χ4v) is 1.99. The Kier molecular flexibility index (Phi) is 3.35. The average molecular weight is 287 g/mol. The fraction of sp³-hybridized carbons (Fsp3) is 0.0714. The number of hydrogen-bond acceptors (Lipinski definition) is 3. The molecule has 20 heavy (non-hydrogen) atoms. The maximum atomic E-state index is 11.9. The van der Waals surface area contributed by atoms with Crippen LogP contribution < -0.4 is 5.32 Å². The predicted octanol–water partition coefficient (Wildman–Crippen LogP) is 2.56. The molecule has 3 rings (SSSR count). The zero-order valence-electron chi connectivity index (χ0n) is 10.5. The summed E-state index contributed by atoms with van der Waals surface area (Å²) >= 11 is 5.80. The van der Waals surface area contributed by atoms with Gasteiger partial charge in [-0.1, -0.05) is 23.7 Å². The van der Waals surface area contributed by atoms with Crippen molar-refractivity contribution in [2.45, 2.75) is 6.42 Å². The molecule has 2 heterocycles. The van der Waals surface area contributed by atoms with E-state index in [1.807, 2.05) is 12.1 Å². The van der Waals surface area contributed by atoms with Gasteiger partial charge in [0, 0.05) is 11.1 Å². The summed E-state index contributed by atoms with van der Waals surface area (Å²) in [7, 11) is 0. The van der Waals surface area contributed by atoms with Crippen LogP contribution in [0, 0.1) is 0 Å². The molecule has 0 saturated carbocycles. The number of carbonyl (C=O) groups is 1. The minimum absolute atomic E-state index is 0.111. The van der Waals surface area contributed by atoms with Gasteiger partial charge < -0.3 is 5.32 Å². The molecule has 3 aromatic rings. The number of amides is 1. The lowest BCUT2D eigenvalue weighted by Gasteiger charge is -2.05. The zero-order valence-corrected chi connectivity index (χ0v) is 11.2. The van der Waals surface area contributed by atoms with Gasteiger partial charge in [0.25, 0.3) is 0 Å². The first-order valence-electron chi connectivity index (χ1n) is 6.04. The van der Waals surface area contributed by atoms with E-state index in [4.69, 9.17) is 11.6 Å². The number of nitrogens with one attached hydrogen (secondary N) is 1. The Bertz CT molecular complexity index is 751. The van der Waals surface area contributed by atoms with Gasteiger partial charge in [-0.25, -0.2) is 9.50 Å². The molecule has 100 valence electrons. The first kappa shape index (κ1) is 12.6. The molecular formula is C14H11ClN4O. The van der Waals surface area contributed by atoms with Crippen LogP contribution in [0.15, 0.2) is 48.9 Å². The summed E-state index contributed by atoms with van der Waals surface area (Å²) in [6.07, 6.45) is 5.27. The summed E-state index contributed by atoms with van der Waals surface area (Å²) < 4.78 is 1.61. The third-order valence-electron chi connectivity index (χ3n) is 2.81. The second-order valence-corrected chi connectivity index (χ2v) is 4.76. The Labute approximate surface area is 120 Å². The number of benzene rings is 1. The van der Waals surface area contributed by atoms with Gasteiger partial charge in [0.2, 0.25) is 5.91 Å². The molecule has 0 atom stereocenters. The van der Waals surface area contributed by atoms with Crippen molar-refractivity contribution < 1.29 is 4.79 Å². The van der Waals surface area contributed by atoms with Crippen molar-refractivity contribution in [1.82, 2.24) is 14.6 Å². The van der Waals surface area contributed by atoms with Gasteiger partial charge in [-0.2, -0.15) is 5.10 Å². The lowest BCUT2D eigenvalue weighted by molar-refractivity contribution is -0.115. The summed E-state index contributed by atoms with van der Waals surface area (Å²) in [4.78, 5) is 16.1. The lowest BCUT2D eigenvalue weighted by atomic mass is 10.1. The summed E-state index contributed by atoms with van der Waals surface area (Å²) in [5, 5.41) is 7.52. The molecule has 2 aromatic heterocycles. The molecule has 0 fully saturated rings. The number of nitrogens with zero attached hydrogens (tertiary/aromatic N) is 3. The molecule has 0 aliphatic carbocycles. The fourth-order valence-electron chi connectivity index (χ4n) is 1.87. The Hall–Kier alpha value is -2.40. The van der Waals surface area contributed by atoms with Gasteiger partial charge >= 0.3 is 0 Å².